The predicted molar refractivity (Wildman–Crippen MR) is 140 cm³/mol. The Hall–Kier alpha value is -3.78. The lowest BCUT2D eigenvalue weighted by atomic mass is 9.80. The van der Waals surface area contributed by atoms with Crippen molar-refractivity contribution >= 4 is 0 Å². The number of hydrogen-bond donors (Lipinski definition) is 2. The Balaban J connectivity index is 1.49. The molecule has 0 unspecified atom stereocenters. The molecule has 1 aromatic heterocycles. The molecule has 0 bridgehead atoms. The van der Waals surface area contributed by atoms with Crippen molar-refractivity contribution in [3.8, 4) is 0 Å². The normalized spacial score (nSPS) is 19.7. The summed E-state index contributed by atoms with van der Waals surface area (Å²) in [5.74, 6) is 0. The average molecular weight is 499 g/mol. The van der Waals surface area contributed by atoms with Crippen molar-refractivity contribution < 1.29 is 14.6 Å². The lowest BCUT2D eigenvalue weighted by Crippen LogP contribution is -2.38. The van der Waals surface area contributed by atoms with Crippen LogP contribution in [0.2, 0.25) is 0 Å². The highest BCUT2D eigenvalue weighted by atomic mass is 16.6. The van der Waals surface area contributed by atoms with E-state index in [1.165, 1.54) is 10.8 Å². The zero-order chi connectivity index (χ0) is 25.8. The molecule has 37 heavy (non-hydrogen) atoms. The molecule has 4 aromatic rings. The molecule has 0 radical (unpaired) electrons. The standard InChI is InChI=1S/C30H30N2O5/c1-2-21-19-32(29(35)31-28(21)34)27-18-25(33)26(37-27)20-36-30(22-12-6-3-7-13-22,23-14-8-4-9-15-23)24-16-10-5-11-17-24/h3-17,19,25-27,33H,2,18,20H2,1H3,(H,31,34,35)/t25-,26+,27+/m0/s1. The molecule has 7 nitrogen and oxygen atoms in total. The molecule has 0 spiro atoms. The van der Waals surface area contributed by atoms with Crippen LogP contribution in [0.1, 0.15) is 41.8 Å². The van der Waals surface area contributed by atoms with Crippen LogP contribution in [0, 0.1) is 0 Å². The van der Waals surface area contributed by atoms with Crippen LogP contribution in [0.3, 0.4) is 0 Å². The van der Waals surface area contributed by atoms with E-state index in [-0.39, 0.29) is 13.0 Å². The Kier molecular flexibility index (Phi) is 7.19. The van der Waals surface area contributed by atoms with Gasteiger partial charge in [-0.1, -0.05) is 97.9 Å². The van der Waals surface area contributed by atoms with Crippen LogP contribution in [-0.4, -0.2) is 33.5 Å². The largest absolute Gasteiger partial charge is 0.390 e. The highest BCUT2D eigenvalue weighted by Gasteiger charge is 2.41. The lowest BCUT2D eigenvalue weighted by Gasteiger charge is -2.37. The molecule has 1 aliphatic heterocycles. The molecule has 1 fully saturated rings. The van der Waals surface area contributed by atoms with E-state index < -0.39 is 35.3 Å². The van der Waals surface area contributed by atoms with Gasteiger partial charge in [0.2, 0.25) is 0 Å². The molecule has 2 N–H and O–H groups in total. The number of aryl methyl sites for hydroxylation is 1. The maximum Gasteiger partial charge on any atom is 0.330 e. The molecule has 5 rings (SSSR count). The van der Waals surface area contributed by atoms with Gasteiger partial charge in [-0.05, 0) is 23.1 Å². The van der Waals surface area contributed by atoms with Crippen molar-refractivity contribution in [3.63, 3.8) is 0 Å². The lowest BCUT2D eigenvalue weighted by molar-refractivity contribution is -0.0944. The first-order chi connectivity index (χ1) is 18.0. The molecular formula is C30H30N2O5. The third-order valence-electron chi connectivity index (χ3n) is 6.94. The third-order valence-corrected chi connectivity index (χ3v) is 6.94. The summed E-state index contributed by atoms with van der Waals surface area (Å²) < 4.78 is 14.3. The Labute approximate surface area is 215 Å². The summed E-state index contributed by atoms with van der Waals surface area (Å²) in [7, 11) is 0. The average Bonchev–Trinajstić information content (AvgIpc) is 3.31. The topological polar surface area (TPSA) is 93.6 Å². The number of hydrogen-bond acceptors (Lipinski definition) is 5. The molecule has 2 heterocycles. The Morgan fingerprint density at radius 2 is 1.43 bits per heavy atom. The second-order valence-electron chi connectivity index (χ2n) is 9.20. The molecule has 0 saturated carbocycles. The van der Waals surface area contributed by atoms with Gasteiger partial charge in [0, 0.05) is 18.2 Å². The van der Waals surface area contributed by atoms with Crippen LogP contribution in [0.4, 0.5) is 0 Å². The second kappa shape index (κ2) is 10.7. The molecule has 190 valence electrons. The number of aliphatic hydroxyl groups excluding tert-OH is 1. The van der Waals surface area contributed by atoms with Gasteiger partial charge in [0.25, 0.3) is 5.56 Å². The number of aliphatic hydroxyl groups is 1. The van der Waals surface area contributed by atoms with Crippen LogP contribution >= 0.6 is 0 Å². The van der Waals surface area contributed by atoms with E-state index in [0.717, 1.165) is 16.7 Å². The monoisotopic (exact) mass is 498 g/mol. The van der Waals surface area contributed by atoms with E-state index in [2.05, 4.69) is 4.98 Å². The number of benzene rings is 3. The van der Waals surface area contributed by atoms with E-state index in [9.17, 15) is 14.7 Å². The van der Waals surface area contributed by atoms with E-state index in [1.54, 1.807) is 0 Å². The number of nitrogens with one attached hydrogen (secondary N) is 1. The molecule has 3 atom stereocenters. The summed E-state index contributed by atoms with van der Waals surface area (Å²) in [6.07, 6.45) is -0.0380. The highest BCUT2D eigenvalue weighted by Crippen LogP contribution is 2.41. The van der Waals surface area contributed by atoms with Crippen molar-refractivity contribution in [3.05, 3.63) is 140 Å². The molecule has 0 aliphatic carbocycles. The van der Waals surface area contributed by atoms with Crippen LogP contribution < -0.4 is 11.2 Å². The number of rotatable bonds is 8. The Morgan fingerprint density at radius 3 is 1.92 bits per heavy atom. The first-order valence-electron chi connectivity index (χ1n) is 12.5. The van der Waals surface area contributed by atoms with Gasteiger partial charge in [-0.3, -0.25) is 14.3 Å². The first-order valence-corrected chi connectivity index (χ1v) is 12.5. The minimum Gasteiger partial charge on any atom is -0.390 e. The van der Waals surface area contributed by atoms with Crippen molar-refractivity contribution in [2.24, 2.45) is 0 Å². The first kappa shape index (κ1) is 24.9. The van der Waals surface area contributed by atoms with Gasteiger partial charge in [-0.25, -0.2) is 4.79 Å². The summed E-state index contributed by atoms with van der Waals surface area (Å²) >= 11 is 0. The molecule has 0 amide bonds. The van der Waals surface area contributed by atoms with Crippen molar-refractivity contribution in [2.45, 2.75) is 43.8 Å². The van der Waals surface area contributed by atoms with Crippen LogP contribution in [0.5, 0.6) is 0 Å². The minimum atomic E-state index is -0.949. The SMILES string of the molecule is CCc1cn([C@H]2C[C@H](O)[C@@H](COC(c3ccccc3)(c3ccccc3)c3ccccc3)O2)c(=O)[nH]c1=O. The van der Waals surface area contributed by atoms with Gasteiger partial charge in [0.15, 0.2) is 0 Å². The van der Waals surface area contributed by atoms with Gasteiger partial charge in [-0.2, -0.15) is 0 Å². The smallest absolute Gasteiger partial charge is 0.330 e. The zero-order valence-corrected chi connectivity index (χ0v) is 20.6. The number of H-pyrrole nitrogens is 1. The van der Waals surface area contributed by atoms with Gasteiger partial charge < -0.3 is 14.6 Å². The van der Waals surface area contributed by atoms with E-state index in [0.29, 0.717) is 12.0 Å². The number of aromatic nitrogens is 2. The minimum absolute atomic E-state index is 0.0785. The van der Waals surface area contributed by atoms with Gasteiger partial charge >= 0.3 is 5.69 Å². The summed E-state index contributed by atoms with van der Waals surface area (Å²) in [6.45, 7) is 1.92. The maximum absolute atomic E-state index is 12.5. The van der Waals surface area contributed by atoms with Gasteiger partial charge in [-0.15, -0.1) is 0 Å². The van der Waals surface area contributed by atoms with Crippen LogP contribution in [-0.2, 0) is 21.5 Å². The quantitative estimate of drug-likeness (QED) is 0.361. The van der Waals surface area contributed by atoms with Crippen LogP contribution in [0.15, 0.2) is 107 Å². The molecule has 3 aromatic carbocycles. The Morgan fingerprint density at radius 1 is 0.919 bits per heavy atom. The fourth-order valence-electron chi connectivity index (χ4n) is 5.00. The molecule has 7 heteroatoms. The van der Waals surface area contributed by atoms with E-state index in [4.69, 9.17) is 9.47 Å². The predicted octanol–water partition coefficient (Wildman–Crippen LogP) is 3.76. The Bertz CT molecular complexity index is 1340. The fraction of sp³-hybridized carbons (Fsp3) is 0.267. The zero-order valence-electron chi connectivity index (χ0n) is 20.6. The molecular weight excluding hydrogens is 468 g/mol. The van der Waals surface area contributed by atoms with Gasteiger partial charge in [0.1, 0.15) is 17.9 Å². The number of aromatic amines is 1. The number of ether oxygens (including phenoxy) is 2. The third kappa shape index (κ3) is 4.81. The summed E-state index contributed by atoms with van der Waals surface area (Å²) in [6, 6.07) is 29.9. The summed E-state index contributed by atoms with van der Waals surface area (Å²) in [4.78, 5) is 26.8. The van der Waals surface area contributed by atoms with E-state index in [1.807, 2.05) is 97.9 Å². The summed E-state index contributed by atoms with van der Waals surface area (Å²) in [5, 5.41) is 10.9. The maximum atomic E-state index is 12.5. The van der Waals surface area contributed by atoms with Crippen molar-refractivity contribution in [1.82, 2.24) is 9.55 Å². The van der Waals surface area contributed by atoms with E-state index >= 15 is 0 Å². The van der Waals surface area contributed by atoms with Crippen LogP contribution in [0.25, 0.3) is 0 Å². The molecule has 1 aliphatic rings. The van der Waals surface area contributed by atoms with Crippen molar-refractivity contribution in [2.75, 3.05) is 6.61 Å². The highest BCUT2D eigenvalue weighted by molar-refractivity contribution is 5.47. The van der Waals surface area contributed by atoms with Crippen molar-refractivity contribution in [1.29, 1.82) is 0 Å². The van der Waals surface area contributed by atoms with Gasteiger partial charge in [0.05, 0.1) is 12.7 Å². The second-order valence-corrected chi connectivity index (χ2v) is 9.20. The summed E-state index contributed by atoms with van der Waals surface area (Å²) in [5.41, 5.74) is 1.40. The molecule has 1 saturated heterocycles. The number of nitrogens with zero attached hydrogens (tertiary/aromatic N) is 1. The fourth-order valence-corrected chi connectivity index (χ4v) is 5.00.